The van der Waals surface area contributed by atoms with E-state index in [-0.39, 0.29) is 6.03 Å². The van der Waals surface area contributed by atoms with E-state index in [1.54, 1.807) is 0 Å². The molecule has 6 heteroatoms. The maximum atomic E-state index is 13.0. The number of nitrogens with zero attached hydrogens (tertiary/aromatic N) is 2. The van der Waals surface area contributed by atoms with Crippen molar-refractivity contribution in [3.05, 3.63) is 59.7 Å². The van der Waals surface area contributed by atoms with E-state index >= 15 is 0 Å². The predicted octanol–water partition coefficient (Wildman–Crippen LogP) is 4.15. The topological polar surface area (TPSA) is 54.0 Å². The van der Waals surface area contributed by atoms with Crippen LogP contribution in [0.1, 0.15) is 24.5 Å². The predicted molar refractivity (Wildman–Crippen MR) is 120 cm³/mol. The Labute approximate surface area is 179 Å². The molecule has 1 heterocycles. The molecule has 6 nitrogen and oxygen atoms in total. The lowest BCUT2D eigenvalue weighted by atomic mass is 10.2. The summed E-state index contributed by atoms with van der Waals surface area (Å²) < 4.78 is 10.9. The zero-order chi connectivity index (χ0) is 21.2. The standard InChI is InChI=1S/C24H33N3O3/c1-3-30-23-11-7-21(8-12-23)19-27(14-4-13-26-15-17-29-18-16-26)24(28)25-22-9-5-20(2)6-10-22/h5-12H,3-4,13-19H2,1-2H3,(H,25,28). The number of ether oxygens (including phenoxy) is 2. The van der Waals surface area contributed by atoms with Gasteiger partial charge in [0, 0.05) is 38.4 Å². The van der Waals surface area contributed by atoms with E-state index in [0.29, 0.717) is 19.7 Å². The van der Waals surface area contributed by atoms with E-state index in [9.17, 15) is 4.79 Å². The molecule has 2 amide bonds. The van der Waals surface area contributed by atoms with Crippen molar-refractivity contribution in [2.75, 3.05) is 51.3 Å². The summed E-state index contributed by atoms with van der Waals surface area (Å²) >= 11 is 0. The molecule has 0 bridgehead atoms. The van der Waals surface area contributed by atoms with E-state index in [4.69, 9.17) is 9.47 Å². The largest absolute Gasteiger partial charge is 0.494 e. The summed E-state index contributed by atoms with van der Waals surface area (Å²) in [4.78, 5) is 17.3. The minimum absolute atomic E-state index is 0.0743. The highest BCUT2D eigenvalue weighted by atomic mass is 16.5. The van der Waals surface area contributed by atoms with Crippen LogP contribution in [0.4, 0.5) is 10.5 Å². The number of benzene rings is 2. The molecule has 0 saturated carbocycles. The summed E-state index contributed by atoms with van der Waals surface area (Å²) in [7, 11) is 0. The van der Waals surface area contributed by atoms with Crippen molar-refractivity contribution >= 4 is 11.7 Å². The fraction of sp³-hybridized carbons (Fsp3) is 0.458. The van der Waals surface area contributed by atoms with Crippen LogP contribution in [0.25, 0.3) is 0 Å². The summed E-state index contributed by atoms with van der Waals surface area (Å²) in [6, 6.07) is 15.8. The summed E-state index contributed by atoms with van der Waals surface area (Å²) in [5.74, 6) is 0.851. The number of morpholine rings is 1. The quantitative estimate of drug-likeness (QED) is 0.674. The molecule has 1 aliphatic heterocycles. The van der Waals surface area contributed by atoms with Crippen LogP contribution in [0.5, 0.6) is 5.75 Å². The number of nitrogens with one attached hydrogen (secondary N) is 1. The smallest absolute Gasteiger partial charge is 0.322 e. The first-order valence-electron chi connectivity index (χ1n) is 10.8. The molecule has 0 unspecified atom stereocenters. The van der Waals surface area contributed by atoms with Gasteiger partial charge in [-0.15, -0.1) is 0 Å². The summed E-state index contributed by atoms with van der Waals surface area (Å²) in [6.07, 6.45) is 0.929. The van der Waals surface area contributed by atoms with Crippen LogP contribution in [0.3, 0.4) is 0 Å². The van der Waals surface area contributed by atoms with Gasteiger partial charge in [-0.1, -0.05) is 29.8 Å². The molecule has 1 fully saturated rings. The maximum Gasteiger partial charge on any atom is 0.322 e. The fourth-order valence-corrected chi connectivity index (χ4v) is 3.48. The lowest BCUT2D eigenvalue weighted by molar-refractivity contribution is 0.0365. The van der Waals surface area contributed by atoms with Gasteiger partial charge in [-0.3, -0.25) is 4.90 Å². The molecule has 30 heavy (non-hydrogen) atoms. The molecule has 1 saturated heterocycles. The first kappa shape index (κ1) is 22.1. The summed E-state index contributed by atoms with van der Waals surface area (Å²) in [6.45, 7) is 10.4. The van der Waals surface area contributed by atoms with Crippen molar-refractivity contribution in [3.63, 3.8) is 0 Å². The Hall–Kier alpha value is -2.57. The van der Waals surface area contributed by atoms with Gasteiger partial charge in [-0.05, 0) is 50.1 Å². The van der Waals surface area contributed by atoms with Crippen LogP contribution < -0.4 is 10.1 Å². The zero-order valence-corrected chi connectivity index (χ0v) is 18.1. The van der Waals surface area contributed by atoms with Gasteiger partial charge in [0.05, 0.1) is 19.8 Å². The Kier molecular flexibility index (Phi) is 8.53. The molecule has 0 spiro atoms. The van der Waals surface area contributed by atoms with Crippen LogP contribution in [0.2, 0.25) is 0 Å². The van der Waals surface area contributed by atoms with Crippen LogP contribution in [0.15, 0.2) is 48.5 Å². The zero-order valence-electron chi connectivity index (χ0n) is 18.1. The molecule has 1 aliphatic rings. The molecule has 3 rings (SSSR count). The molecule has 0 atom stereocenters. The van der Waals surface area contributed by atoms with E-state index in [1.807, 2.05) is 67.3 Å². The summed E-state index contributed by atoms with van der Waals surface area (Å²) in [5.41, 5.74) is 3.07. The van der Waals surface area contributed by atoms with Crippen molar-refractivity contribution in [2.45, 2.75) is 26.8 Å². The molecule has 2 aromatic rings. The van der Waals surface area contributed by atoms with Gasteiger partial charge in [0.25, 0.3) is 0 Å². The summed E-state index contributed by atoms with van der Waals surface area (Å²) in [5, 5.41) is 3.04. The number of rotatable bonds is 9. The van der Waals surface area contributed by atoms with Crippen LogP contribution in [-0.2, 0) is 11.3 Å². The molecule has 2 aromatic carbocycles. The first-order valence-corrected chi connectivity index (χ1v) is 10.8. The van der Waals surface area contributed by atoms with Gasteiger partial charge in [0.15, 0.2) is 0 Å². The van der Waals surface area contributed by atoms with E-state index in [0.717, 1.165) is 56.3 Å². The van der Waals surface area contributed by atoms with Gasteiger partial charge in [-0.2, -0.15) is 0 Å². The van der Waals surface area contributed by atoms with E-state index < -0.39 is 0 Å². The number of aryl methyl sites for hydroxylation is 1. The number of carbonyl (C=O) groups is 1. The molecular weight excluding hydrogens is 378 g/mol. The maximum absolute atomic E-state index is 13.0. The van der Waals surface area contributed by atoms with Crippen molar-refractivity contribution in [3.8, 4) is 5.75 Å². The van der Waals surface area contributed by atoms with Gasteiger partial charge in [0.1, 0.15) is 5.75 Å². The lowest BCUT2D eigenvalue weighted by Crippen LogP contribution is -2.40. The van der Waals surface area contributed by atoms with Crippen molar-refractivity contribution in [2.24, 2.45) is 0 Å². The Morgan fingerprint density at radius 2 is 1.80 bits per heavy atom. The third kappa shape index (κ3) is 7.04. The highest BCUT2D eigenvalue weighted by molar-refractivity contribution is 5.89. The highest BCUT2D eigenvalue weighted by Crippen LogP contribution is 2.16. The Morgan fingerprint density at radius 1 is 1.10 bits per heavy atom. The first-order chi connectivity index (χ1) is 14.6. The second-order valence-electron chi connectivity index (χ2n) is 7.60. The normalized spacial score (nSPS) is 14.3. The molecule has 0 aromatic heterocycles. The molecule has 1 N–H and O–H groups in total. The minimum Gasteiger partial charge on any atom is -0.494 e. The number of hydrogen-bond acceptors (Lipinski definition) is 4. The molecule has 0 aliphatic carbocycles. The van der Waals surface area contributed by atoms with E-state index in [2.05, 4.69) is 10.2 Å². The van der Waals surface area contributed by atoms with Gasteiger partial charge < -0.3 is 19.7 Å². The Morgan fingerprint density at radius 3 is 2.47 bits per heavy atom. The average molecular weight is 412 g/mol. The minimum atomic E-state index is -0.0743. The SMILES string of the molecule is CCOc1ccc(CN(CCCN2CCOCC2)C(=O)Nc2ccc(C)cc2)cc1. The Bertz CT molecular complexity index is 771. The molecular formula is C24H33N3O3. The van der Waals surface area contributed by atoms with Gasteiger partial charge in [-0.25, -0.2) is 4.79 Å². The number of carbonyl (C=O) groups excluding carboxylic acids is 1. The number of urea groups is 1. The van der Waals surface area contributed by atoms with Gasteiger partial charge in [0.2, 0.25) is 0 Å². The molecule has 0 radical (unpaired) electrons. The van der Waals surface area contributed by atoms with Crippen molar-refractivity contribution in [1.29, 1.82) is 0 Å². The fourth-order valence-electron chi connectivity index (χ4n) is 3.48. The third-order valence-corrected chi connectivity index (χ3v) is 5.20. The average Bonchev–Trinajstić information content (AvgIpc) is 2.77. The number of hydrogen-bond donors (Lipinski definition) is 1. The third-order valence-electron chi connectivity index (χ3n) is 5.20. The van der Waals surface area contributed by atoms with Crippen molar-refractivity contribution < 1.29 is 14.3 Å². The van der Waals surface area contributed by atoms with Gasteiger partial charge >= 0.3 is 6.03 Å². The second-order valence-corrected chi connectivity index (χ2v) is 7.60. The van der Waals surface area contributed by atoms with Crippen LogP contribution in [0, 0.1) is 6.92 Å². The second kappa shape index (κ2) is 11.6. The Balaban J connectivity index is 1.61. The monoisotopic (exact) mass is 411 g/mol. The molecule has 162 valence electrons. The lowest BCUT2D eigenvalue weighted by Gasteiger charge is -2.28. The van der Waals surface area contributed by atoms with Crippen LogP contribution in [-0.4, -0.2) is 61.8 Å². The van der Waals surface area contributed by atoms with E-state index in [1.165, 1.54) is 5.56 Å². The highest BCUT2D eigenvalue weighted by Gasteiger charge is 2.16. The number of anilines is 1. The number of amides is 2. The van der Waals surface area contributed by atoms with Crippen LogP contribution >= 0.6 is 0 Å². The van der Waals surface area contributed by atoms with Crippen molar-refractivity contribution in [1.82, 2.24) is 9.80 Å².